The number of aromatic nitrogens is 2. The molecular weight excluding hydrogens is 364 g/mol. The first-order valence-electron chi connectivity index (χ1n) is 8.96. The zero-order chi connectivity index (χ0) is 19.6. The van der Waals surface area contributed by atoms with E-state index in [1.54, 1.807) is 20.0 Å². The van der Waals surface area contributed by atoms with Gasteiger partial charge in [0.05, 0.1) is 11.5 Å². The maximum Gasteiger partial charge on any atom is 0.272 e. The van der Waals surface area contributed by atoms with Gasteiger partial charge in [-0.2, -0.15) is 0 Å². The predicted molar refractivity (Wildman–Crippen MR) is 105 cm³/mol. The van der Waals surface area contributed by atoms with Gasteiger partial charge in [0.2, 0.25) is 5.95 Å². The third-order valence-electron chi connectivity index (χ3n) is 4.77. The van der Waals surface area contributed by atoms with Crippen molar-refractivity contribution in [1.29, 1.82) is 0 Å². The minimum absolute atomic E-state index is 0.00813. The first-order chi connectivity index (χ1) is 12.8. The van der Waals surface area contributed by atoms with Gasteiger partial charge in [-0.3, -0.25) is 4.79 Å². The summed E-state index contributed by atoms with van der Waals surface area (Å²) in [6.07, 6.45) is 1.42. The first kappa shape index (κ1) is 19.3. The number of nitrogens with zero attached hydrogens (tertiary/aromatic N) is 3. The Hall–Kier alpha value is -2.48. The summed E-state index contributed by atoms with van der Waals surface area (Å²) in [5.74, 6) is 0.175. The Kier molecular flexibility index (Phi) is 5.46. The van der Waals surface area contributed by atoms with E-state index in [-0.39, 0.29) is 29.1 Å². The fourth-order valence-corrected chi connectivity index (χ4v) is 4.89. The summed E-state index contributed by atoms with van der Waals surface area (Å²) in [6.45, 7) is 3.89. The molecule has 1 aromatic carbocycles. The Morgan fingerprint density at radius 3 is 2.56 bits per heavy atom. The van der Waals surface area contributed by atoms with Crippen molar-refractivity contribution in [3.63, 3.8) is 0 Å². The third kappa shape index (κ3) is 4.63. The number of hydrogen-bond donors (Lipinski definition) is 1. The number of benzene rings is 1. The van der Waals surface area contributed by atoms with Crippen molar-refractivity contribution in [2.24, 2.45) is 0 Å². The molecule has 3 rings (SSSR count). The highest BCUT2D eigenvalue weighted by atomic mass is 32.2. The van der Waals surface area contributed by atoms with Crippen molar-refractivity contribution in [2.45, 2.75) is 32.7 Å². The average molecular weight is 388 g/mol. The number of sulfone groups is 1. The van der Waals surface area contributed by atoms with Crippen molar-refractivity contribution < 1.29 is 13.2 Å². The number of anilines is 2. The van der Waals surface area contributed by atoms with Crippen LogP contribution in [0.5, 0.6) is 0 Å². The average Bonchev–Trinajstić information content (AvgIpc) is 3.00. The number of carbonyl (C=O) groups excluding carboxylic acids is 1. The van der Waals surface area contributed by atoms with Crippen LogP contribution < -0.4 is 5.32 Å². The summed E-state index contributed by atoms with van der Waals surface area (Å²) in [5, 5.41) is 3.12. The summed E-state index contributed by atoms with van der Waals surface area (Å²) < 4.78 is 23.4. The van der Waals surface area contributed by atoms with Gasteiger partial charge in [-0.15, -0.1) is 0 Å². The van der Waals surface area contributed by atoms with Gasteiger partial charge in [0.1, 0.15) is 5.69 Å². The van der Waals surface area contributed by atoms with Gasteiger partial charge in [0, 0.05) is 24.5 Å². The molecule has 1 aliphatic rings. The molecule has 2 aromatic rings. The summed E-state index contributed by atoms with van der Waals surface area (Å²) in [4.78, 5) is 23.0. The van der Waals surface area contributed by atoms with Gasteiger partial charge in [0.25, 0.3) is 5.91 Å². The largest absolute Gasteiger partial charge is 0.336 e. The van der Waals surface area contributed by atoms with Gasteiger partial charge in [-0.1, -0.05) is 19.1 Å². The quantitative estimate of drug-likeness (QED) is 0.845. The zero-order valence-electron chi connectivity index (χ0n) is 15.8. The van der Waals surface area contributed by atoms with Gasteiger partial charge < -0.3 is 10.2 Å². The lowest BCUT2D eigenvalue weighted by atomic mass is 10.1. The van der Waals surface area contributed by atoms with E-state index in [2.05, 4.69) is 22.2 Å². The number of aryl methyl sites for hydroxylation is 2. The Balaban J connectivity index is 1.78. The third-order valence-corrected chi connectivity index (χ3v) is 6.52. The minimum Gasteiger partial charge on any atom is -0.336 e. The number of rotatable bonds is 5. The van der Waals surface area contributed by atoms with E-state index in [0.717, 1.165) is 12.1 Å². The van der Waals surface area contributed by atoms with E-state index in [0.29, 0.717) is 18.1 Å². The zero-order valence-corrected chi connectivity index (χ0v) is 16.6. The SMILES string of the molecule is CCc1ccc(Nc2nc(C)cc(C(=O)N(C)C3CCS(=O)(=O)C3)n2)cc1. The number of amides is 1. The molecule has 1 saturated heterocycles. The second-order valence-electron chi connectivity index (χ2n) is 6.87. The summed E-state index contributed by atoms with van der Waals surface area (Å²) in [7, 11) is -1.43. The fraction of sp³-hybridized carbons (Fsp3) is 0.421. The van der Waals surface area contributed by atoms with Crippen molar-refractivity contribution in [3.8, 4) is 0 Å². The molecule has 0 spiro atoms. The van der Waals surface area contributed by atoms with Crippen molar-refractivity contribution in [2.75, 3.05) is 23.9 Å². The smallest absolute Gasteiger partial charge is 0.272 e. The molecule has 2 heterocycles. The molecule has 0 bridgehead atoms. The van der Waals surface area contributed by atoms with Gasteiger partial charge in [-0.05, 0) is 43.5 Å². The van der Waals surface area contributed by atoms with Gasteiger partial charge in [0.15, 0.2) is 9.84 Å². The molecule has 1 amide bonds. The standard InChI is InChI=1S/C19H24N4O3S/c1-4-14-5-7-15(8-6-14)21-19-20-13(2)11-17(22-19)18(24)23(3)16-9-10-27(25,26)12-16/h5-8,11,16H,4,9-10,12H2,1-3H3,(H,20,21,22). The van der Waals surface area contributed by atoms with Crippen molar-refractivity contribution >= 4 is 27.4 Å². The summed E-state index contributed by atoms with van der Waals surface area (Å²) >= 11 is 0. The highest BCUT2D eigenvalue weighted by Gasteiger charge is 2.33. The Morgan fingerprint density at radius 1 is 1.26 bits per heavy atom. The van der Waals surface area contributed by atoms with Crippen molar-refractivity contribution in [1.82, 2.24) is 14.9 Å². The van der Waals surface area contributed by atoms with E-state index in [1.165, 1.54) is 10.5 Å². The molecular formula is C19H24N4O3S. The molecule has 0 saturated carbocycles. The predicted octanol–water partition coefficient (Wildman–Crippen LogP) is 2.35. The van der Waals surface area contributed by atoms with Crippen LogP contribution in [0, 0.1) is 6.92 Å². The molecule has 7 nitrogen and oxygen atoms in total. The second kappa shape index (κ2) is 7.64. The molecule has 144 valence electrons. The molecule has 8 heteroatoms. The van der Waals surface area contributed by atoms with E-state index < -0.39 is 9.84 Å². The Morgan fingerprint density at radius 2 is 1.96 bits per heavy atom. The normalized spacial score (nSPS) is 18.3. The van der Waals surface area contributed by atoms with Crippen molar-refractivity contribution in [3.05, 3.63) is 47.3 Å². The molecule has 27 heavy (non-hydrogen) atoms. The van der Waals surface area contributed by atoms with Crippen LogP contribution in [-0.2, 0) is 16.3 Å². The van der Waals surface area contributed by atoms with Crippen LogP contribution >= 0.6 is 0 Å². The Bertz CT molecular complexity index is 942. The lowest BCUT2D eigenvalue weighted by Crippen LogP contribution is -2.38. The van der Waals surface area contributed by atoms with Crippen LogP contribution in [0.4, 0.5) is 11.6 Å². The minimum atomic E-state index is -3.06. The molecule has 1 unspecified atom stereocenters. The second-order valence-corrected chi connectivity index (χ2v) is 9.10. The lowest BCUT2D eigenvalue weighted by Gasteiger charge is -2.23. The molecule has 1 N–H and O–H groups in total. The van der Waals surface area contributed by atoms with Crippen LogP contribution in [0.1, 0.15) is 35.1 Å². The van der Waals surface area contributed by atoms with Crippen LogP contribution in [0.2, 0.25) is 0 Å². The molecule has 1 fully saturated rings. The summed E-state index contributed by atoms with van der Waals surface area (Å²) in [6, 6.07) is 9.25. The number of nitrogens with one attached hydrogen (secondary N) is 1. The van der Waals surface area contributed by atoms with E-state index in [4.69, 9.17) is 0 Å². The van der Waals surface area contributed by atoms with Crippen LogP contribution in [0.25, 0.3) is 0 Å². The van der Waals surface area contributed by atoms with E-state index in [9.17, 15) is 13.2 Å². The molecule has 1 aliphatic heterocycles. The molecule has 1 atom stereocenters. The van der Waals surface area contributed by atoms with Crippen LogP contribution in [-0.4, -0.2) is 53.8 Å². The lowest BCUT2D eigenvalue weighted by molar-refractivity contribution is 0.0741. The van der Waals surface area contributed by atoms with E-state index >= 15 is 0 Å². The van der Waals surface area contributed by atoms with Gasteiger partial charge in [-0.25, -0.2) is 18.4 Å². The highest BCUT2D eigenvalue weighted by Crippen LogP contribution is 2.20. The van der Waals surface area contributed by atoms with Crippen LogP contribution in [0.15, 0.2) is 30.3 Å². The van der Waals surface area contributed by atoms with E-state index in [1.807, 2.05) is 24.3 Å². The highest BCUT2D eigenvalue weighted by molar-refractivity contribution is 7.91. The number of hydrogen-bond acceptors (Lipinski definition) is 6. The monoisotopic (exact) mass is 388 g/mol. The fourth-order valence-electron chi connectivity index (χ4n) is 3.11. The summed E-state index contributed by atoms with van der Waals surface area (Å²) in [5.41, 5.74) is 2.98. The first-order valence-corrected chi connectivity index (χ1v) is 10.8. The number of carbonyl (C=O) groups is 1. The topological polar surface area (TPSA) is 92.3 Å². The molecule has 1 aromatic heterocycles. The van der Waals surface area contributed by atoms with Gasteiger partial charge >= 0.3 is 0 Å². The molecule has 0 radical (unpaired) electrons. The van der Waals surface area contributed by atoms with Crippen LogP contribution in [0.3, 0.4) is 0 Å². The Labute approximate surface area is 159 Å². The molecule has 0 aliphatic carbocycles. The maximum atomic E-state index is 12.8. The maximum absolute atomic E-state index is 12.8.